The van der Waals surface area contributed by atoms with Crippen molar-refractivity contribution in [2.24, 2.45) is 0 Å². The maximum atomic E-state index is 11.3. The van der Waals surface area contributed by atoms with E-state index < -0.39 is 11.9 Å². The molecule has 1 rings (SSSR count). The molecule has 0 aliphatic carbocycles. The fraction of sp³-hybridized carbons (Fsp3) is 0.364. The second-order valence-electron chi connectivity index (χ2n) is 2.99. The molecule has 6 nitrogen and oxygen atoms in total. The van der Waals surface area contributed by atoms with E-state index in [1.807, 2.05) is 0 Å². The summed E-state index contributed by atoms with van der Waals surface area (Å²) in [6, 6.07) is 0. The van der Waals surface area contributed by atoms with Gasteiger partial charge in [0.25, 0.3) is 0 Å². The van der Waals surface area contributed by atoms with Crippen LogP contribution in [0, 0.1) is 0 Å². The van der Waals surface area contributed by atoms with E-state index in [4.69, 9.17) is 9.47 Å². The molecule has 1 aromatic heterocycles. The smallest absolute Gasteiger partial charge is 0.374 e. The summed E-state index contributed by atoms with van der Waals surface area (Å²) in [5.41, 5.74) is 0.529. The number of nitrogens with one attached hydrogen (secondary N) is 1. The average Bonchev–Trinajstić information content (AvgIpc) is 2.76. The highest BCUT2D eigenvalue weighted by Gasteiger charge is 2.09. The number of hydrogen-bond acceptors (Lipinski definition) is 5. The molecule has 0 amide bonds. The molecule has 0 radical (unpaired) electrons. The molecule has 0 fully saturated rings. The summed E-state index contributed by atoms with van der Waals surface area (Å²) in [5.74, 6) is -0.863. The van der Waals surface area contributed by atoms with Crippen LogP contribution < -0.4 is 0 Å². The number of carbonyl (C=O) groups is 2. The number of nitrogens with zero attached hydrogens (tertiary/aromatic N) is 1. The molecule has 6 heteroatoms. The highest BCUT2D eigenvalue weighted by atomic mass is 16.5. The Kier molecular flexibility index (Phi) is 4.93. The van der Waals surface area contributed by atoms with E-state index in [-0.39, 0.29) is 12.4 Å². The van der Waals surface area contributed by atoms with Crippen LogP contribution in [-0.4, -0.2) is 35.1 Å². The van der Waals surface area contributed by atoms with Gasteiger partial charge in [0.1, 0.15) is 0 Å². The number of rotatable bonds is 5. The average molecular weight is 238 g/mol. The minimum absolute atomic E-state index is 0.107. The van der Waals surface area contributed by atoms with Gasteiger partial charge in [0.05, 0.1) is 25.1 Å². The highest BCUT2D eigenvalue weighted by molar-refractivity contribution is 5.88. The van der Waals surface area contributed by atoms with Crippen LogP contribution in [0.15, 0.2) is 12.3 Å². The molecular weight excluding hydrogens is 224 g/mol. The standard InChI is InChI=1S/C11H14N2O4/c1-3-16-9(14)6-5-8-7-12-10(13-8)11(15)17-4-2/h5-7H,3-4H2,1-2H3,(H,12,13)/b6-5+. The van der Waals surface area contributed by atoms with Gasteiger partial charge < -0.3 is 14.5 Å². The summed E-state index contributed by atoms with van der Waals surface area (Å²) in [5, 5.41) is 0. The van der Waals surface area contributed by atoms with Gasteiger partial charge in [-0.05, 0) is 19.9 Å². The Hall–Kier alpha value is -2.11. The first-order valence-corrected chi connectivity index (χ1v) is 5.24. The Labute approximate surface area is 98.6 Å². The Morgan fingerprint density at radius 3 is 2.71 bits per heavy atom. The molecule has 0 atom stereocenters. The van der Waals surface area contributed by atoms with Crippen LogP contribution >= 0.6 is 0 Å². The fourth-order valence-electron chi connectivity index (χ4n) is 1.07. The summed E-state index contributed by atoms with van der Waals surface area (Å²) >= 11 is 0. The quantitative estimate of drug-likeness (QED) is 0.615. The maximum Gasteiger partial charge on any atom is 0.374 e. The van der Waals surface area contributed by atoms with Crippen molar-refractivity contribution in [3.63, 3.8) is 0 Å². The largest absolute Gasteiger partial charge is 0.463 e. The lowest BCUT2D eigenvalue weighted by Gasteiger charge is -1.96. The number of esters is 2. The third-order valence-corrected chi connectivity index (χ3v) is 1.75. The van der Waals surface area contributed by atoms with Crippen molar-refractivity contribution in [3.8, 4) is 0 Å². The summed E-state index contributed by atoms with van der Waals surface area (Å²) < 4.78 is 9.46. The Balaban J connectivity index is 2.62. The number of H-pyrrole nitrogens is 1. The molecule has 0 unspecified atom stereocenters. The van der Waals surface area contributed by atoms with Crippen molar-refractivity contribution in [2.45, 2.75) is 13.8 Å². The molecule has 0 aliphatic heterocycles. The lowest BCUT2D eigenvalue weighted by molar-refractivity contribution is -0.137. The predicted molar refractivity (Wildman–Crippen MR) is 60.2 cm³/mol. The predicted octanol–water partition coefficient (Wildman–Crippen LogP) is 1.16. The van der Waals surface area contributed by atoms with Gasteiger partial charge in [-0.2, -0.15) is 0 Å². The third-order valence-electron chi connectivity index (χ3n) is 1.75. The lowest BCUT2D eigenvalue weighted by Crippen LogP contribution is -2.06. The second-order valence-corrected chi connectivity index (χ2v) is 2.99. The zero-order chi connectivity index (χ0) is 12.7. The molecule has 0 aromatic carbocycles. The first-order valence-electron chi connectivity index (χ1n) is 5.24. The van der Waals surface area contributed by atoms with Crippen molar-refractivity contribution in [3.05, 3.63) is 23.8 Å². The lowest BCUT2D eigenvalue weighted by atomic mass is 10.4. The van der Waals surface area contributed by atoms with Gasteiger partial charge in [0.2, 0.25) is 5.82 Å². The molecule has 0 aliphatic rings. The van der Waals surface area contributed by atoms with E-state index >= 15 is 0 Å². The van der Waals surface area contributed by atoms with Crippen molar-refractivity contribution >= 4 is 18.0 Å². The molecule has 1 heterocycles. The molecule has 1 aromatic rings. The van der Waals surface area contributed by atoms with Gasteiger partial charge in [-0.1, -0.05) is 0 Å². The minimum atomic E-state index is -0.525. The number of carbonyl (C=O) groups excluding carboxylic acids is 2. The van der Waals surface area contributed by atoms with Crippen molar-refractivity contribution in [1.82, 2.24) is 9.97 Å². The van der Waals surface area contributed by atoms with Gasteiger partial charge >= 0.3 is 11.9 Å². The van der Waals surface area contributed by atoms with Gasteiger partial charge in [0.15, 0.2) is 0 Å². The first kappa shape index (κ1) is 13.0. The summed E-state index contributed by atoms with van der Waals surface area (Å²) in [6.07, 6.45) is 4.17. The van der Waals surface area contributed by atoms with Crippen LogP contribution in [0.5, 0.6) is 0 Å². The van der Waals surface area contributed by atoms with Gasteiger partial charge in [0, 0.05) is 6.08 Å². The molecule has 92 valence electrons. The number of imidazole rings is 1. The summed E-state index contributed by atoms with van der Waals surface area (Å²) in [6.45, 7) is 4.04. The Morgan fingerprint density at radius 1 is 1.35 bits per heavy atom. The van der Waals surface area contributed by atoms with Gasteiger partial charge in [-0.25, -0.2) is 14.6 Å². The van der Waals surface area contributed by atoms with Crippen LogP contribution in [0.4, 0.5) is 0 Å². The van der Waals surface area contributed by atoms with E-state index in [0.717, 1.165) is 0 Å². The zero-order valence-corrected chi connectivity index (χ0v) is 9.73. The van der Waals surface area contributed by atoms with E-state index in [2.05, 4.69) is 9.97 Å². The van der Waals surface area contributed by atoms with Crippen molar-refractivity contribution in [2.75, 3.05) is 13.2 Å². The maximum absolute atomic E-state index is 11.3. The normalized spacial score (nSPS) is 10.5. The molecule has 0 spiro atoms. The van der Waals surface area contributed by atoms with Crippen LogP contribution in [0.1, 0.15) is 30.2 Å². The molecule has 1 N–H and O–H groups in total. The topological polar surface area (TPSA) is 81.3 Å². The van der Waals surface area contributed by atoms with Crippen LogP contribution in [0.25, 0.3) is 6.08 Å². The monoisotopic (exact) mass is 238 g/mol. The van der Waals surface area contributed by atoms with E-state index in [0.29, 0.717) is 12.3 Å². The Morgan fingerprint density at radius 2 is 2.06 bits per heavy atom. The molecule has 0 bridgehead atoms. The number of hydrogen-bond donors (Lipinski definition) is 1. The molecule has 0 saturated heterocycles. The first-order chi connectivity index (χ1) is 8.17. The van der Waals surface area contributed by atoms with Crippen molar-refractivity contribution in [1.29, 1.82) is 0 Å². The van der Waals surface area contributed by atoms with Crippen LogP contribution in [-0.2, 0) is 14.3 Å². The Bertz CT molecular complexity index is 423. The van der Waals surface area contributed by atoms with E-state index in [1.165, 1.54) is 18.3 Å². The molecular formula is C11H14N2O4. The molecule has 0 saturated carbocycles. The SMILES string of the molecule is CCOC(=O)/C=C/c1cnc(C(=O)OCC)[nH]1. The third kappa shape index (κ3) is 4.10. The summed E-state index contributed by atoms with van der Waals surface area (Å²) in [7, 11) is 0. The number of aromatic nitrogens is 2. The fourth-order valence-corrected chi connectivity index (χ4v) is 1.07. The van der Waals surface area contributed by atoms with Crippen molar-refractivity contribution < 1.29 is 19.1 Å². The van der Waals surface area contributed by atoms with Crippen LogP contribution in [0.3, 0.4) is 0 Å². The van der Waals surface area contributed by atoms with Gasteiger partial charge in [-0.3, -0.25) is 0 Å². The number of aromatic amines is 1. The number of ether oxygens (including phenoxy) is 2. The highest BCUT2D eigenvalue weighted by Crippen LogP contribution is 2.01. The molecule has 17 heavy (non-hydrogen) atoms. The summed E-state index contributed by atoms with van der Waals surface area (Å²) in [4.78, 5) is 28.8. The second kappa shape index (κ2) is 6.47. The zero-order valence-electron chi connectivity index (χ0n) is 9.73. The van der Waals surface area contributed by atoms with Crippen LogP contribution in [0.2, 0.25) is 0 Å². The van der Waals surface area contributed by atoms with Gasteiger partial charge in [-0.15, -0.1) is 0 Å². The van der Waals surface area contributed by atoms with E-state index in [9.17, 15) is 9.59 Å². The minimum Gasteiger partial charge on any atom is -0.463 e. The van der Waals surface area contributed by atoms with E-state index in [1.54, 1.807) is 13.8 Å².